The average Bonchev–Trinajstić information content (AvgIpc) is 2.54. The van der Waals surface area contributed by atoms with Crippen LogP contribution in [0.25, 0.3) is 0 Å². The van der Waals surface area contributed by atoms with Crippen molar-refractivity contribution in [2.45, 2.75) is 32.9 Å². The largest absolute Gasteiger partial charge is 0.483 e. The molecule has 0 bridgehead atoms. The molecule has 136 valence electrons. The topological polar surface area (TPSA) is 63.2 Å². The highest BCUT2D eigenvalue weighted by Gasteiger charge is 2.24. The summed E-state index contributed by atoms with van der Waals surface area (Å²) < 4.78 is 25.0. The third-order valence-electron chi connectivity index (χ3n) is 2.80. The minimum atomic E-state index is -1.73. The molecule has 0 aromatic rings. The summed E-state index contributed by atoms with van der Waals surface area (Å²) >= 11 is 0. The molecule has 0 amide bonds. The van der Waals surface area contributed by atoms with Crippen LogP contribution in [0.2, 0.25) is 12.6 Å². The van der Waals surface area contributed by atoms with Crippen molar-refractivity contribution in [3.05, 3.63) is 24.4 Å². The van der Waals surface area contributed by atoms with E-state index < -0.39 is 17.8 Å². The van der Waals surface area contributed by atoms with E-state index in [2.05, 4.69) is 18.8 Å². The normalized spacial score (nSPS) is 13.3. The molecule has 0 aliphatic rings. The highest BCUT2D eigenvalue weighted by atomic mass is 28.4. The molecule has 0 saturated heterocycles. The Morgan fingerprint density at radius 1 is 1.22 bits per heavy atom. The Morgan fingerprint density at radius 3 is 2.13 bits per heavy atom. The molecule has 1 unspecified atom stereocenters. The van der Waals surface area contributed by atoms with Gasteiger partial charge in [-0.3, -0.25) is 0 Å². The number of rotatable bonds is 11. The molecule has 0 saturated carbocycles. The fraction of sp³-hybridized carbons (Fsp3) is 0.667. The van der Waals surface area contributed by atoms with Gasteiger partial charge >= 0.3 is 15.5 Å². The number of hydrogen-bond donors (Lipinski definition) is 0. The summed E-state index contributed by atoms with van der Waals surface area (Å²) in [7, 11) is 1.32. The first-order valence-corrected chi connectivity index (χ1v) is 11.7. The fourth-order valence-electron chi connectivity index (χ4n) is 1.83. The quantitative estimate of drug-likeness (QED) is 0.243. The van der Waals surface area contributed by atoms with Gasteiger partial charge in [0, 0.05) is 34.0 Å². The molecule has 0 fully saturated rings. The number of hydrogen-bond acceptors (Lipinski definition) is 6. The third-order valence-corrected chi connectivity index (χ3v) is 7.29. The summed E-state index contributed by atoms with van der Waals surface area (Å²) in [5.41, 5.74) is 2.17. The van der Waals surface area contributed by atoms with Gasteiger partial charge in [0.25, 0.3) is 0 Å². The second-order valence-corrected chi connectivity index (χ2v) is 10.5. The molecule has 6 nitrogen and oxygen atoms in total. The third kappa shape index (κ3) is 14.5. The van der Waals surface area contributed by atoms with E-state index in [-0.39, 0.29) is 5.97 Å². The molecule has 0 radical (unpaired) electrons. The minimum Gasteiger partial charge on any atom is -0.463 e. The lowest BCUT2D eigenvalue weighted by molar-refractivity contribution is -0.137. The second kappa shape index (κ2) is 16.1. The first-order chi connectivity index (χ1) is 10.9. The maximum absolute atomic E-state index is 10.8. The molecule has 0 spiro atoms. The summed E-state index contributed by atoms with van der Waals surface area (Å²) in [6, 6.07) is 0.968. The molecule has 0 N–H and O–H groups in total. The van der Waals surface area contributed by atoms with Crippen molar-refractivity contribution in [1.82, 2.24) is 0 Å². The summed E-state index contributed by atoms with van der Waals surface area (Å²) in [5, 5.41) is 0. The molecular formula is C15H32O6Si2. The van der Waals surface area contributed by atoms with Crippen molar-refractivity contribution in [1.29, 1.82) is 0 Å². The molecule has 23 heavy (non-hydrogen) atoms. The number of ether oxygens (including phenoxy) is 1. The summed E-state index contributed by atoms with van der Waals surface area (Å²) in [4.78, 5) is 10.8. The van der Waals surface area contributed by atoms with E-state index in [1.54, 1.807) is 21.3 Å². The van der Waals surface area contributed by atoms with Gasteiger partial charge in [0.15, 0.2) is 0 Å². The van der Waals surface area contributed by atoms with Crippen molar-refractivity contribution in [2.24, 2.45) is 0 Å². The van der Waals surface area contributed by atoms with Crippen LogP contribution < -0.4 is 0 Å². The zero-order valence-electron chi connectivity index (χ0n) is 15.3. The number of carbonyl (C=O) groups excluding carboxylic acids is 1. The van der Waals surface area contributed by atoms with Crippen molar-refractivity contribution in [3.63, 3.8) is 0 Å². The van der Waals surface area contributed by atoms with Crippen LogP contribution in [0.3, 0.4) is 0 Å². The number of esters is 1. The molecular weight excluding hydrogens is 332 g/mol. The predicted octanol–water partition coefficient (Wildman–Crippen LogP) is 2.48. The number of allylic oxidation sites excluding steroid dienone is 1. The highest BCUT2D eigenvalue weighted by Crippen LogP contribution is 2.16. The van der Waals surface area contributed by atoms with Crippen LogP contribution in [-0.4, -0.2) is 58.4 Å². The van der Waals surface area contributed by atoms with Crippen LogP contribution in [0.5, 0.6) is 0 Å². The lowest BCUT2D eigenvalue weighted by Gasteiger charge is -2.22. The maximum Gasteiger partial charge on any atom is 0.483 e. The van der Waals surface area contributed by atoms with Gasteiger partial charge in [0.05, 0.1) is 6.61 Å². The highest BCUT2D eigenvalue weighted by molar-refractivity contribution is 6.77. The van der Waals surface area contributed by atoms with Crippen LogP contribution in [-0.2, 0) is 27.2 Å². The smallest absolute Gasteiger partial charge is 0.463 e. The van der Waals surface area contributed by atoms with Crippen molar-refractivity contribution in [2.75, 3.05) is 34.5 Å². The Labute approximate surface area is 143 Å². The number of carbonyl (C=O) groups is 1. The molecule has 0 aromatic heterocycles. The molecule has 0 aliphatic heterocycles. The molecule has 1 atom stereocenters. The van der Waals surface area contributed by atoms with Crippen molar-refractivity contribution >= 4 is 23.8 Å². The average molecular weight is 365 g/mol. The van der Waals surface area contributed by atoms with Gasteiger partial charge in [-0.2, -0.15) is 0 Å². The van der Waals surface area contributed by atoms with E-state index in [0.29, 0.717) is 6.61 Å². The summed E-state index contributed by atoms with van der Waals surface area (Å²) in [5.74, 6) is -0.356. The van der Waals surface area contributed by atoms with Gasteiger partial charge in [0.1, 0.15) is 0 Å². The van der Waals surface area contributed by atoms with Gasteiger partial charge in [-0.1, -0.05) is 18.4 Å². The van der Waals surface area contributed by atoms with Gasteiger partial charge in [-0.05, 0) is 32.9 Å². The van der Waals surface area contributed by atoms with E-state index >= 15 is 0 Å². The van der Waals surface area contributed by atoms with Crippen LogP contribution in [0.4, 0.5) is 0 Å². The van der Waals surface area contributed by atoms with E-state index in [1.165, 1.54) is 6.08 Å². The lowest BCUT2D eigenvalue weighted by Crippen LogP contribution is -2.32. The zero-order valence-corrected chi connectivity index (χ0v) is 17.4. The lowest BCUT2D eigenvalue weighted by atomic mass is 10.5. The Kier molecular flexibility index (Phi) is 17.1. The van der Waals surface area contributed by atoms with Crippen LogP contribution in [0.15, 0.2) is 24.4 Å². The van der Waals surface area contributed by atoms with E-state index in [9.17, 15) is 4.79 Å². The first kappa shape index (κ1) is 24.5. The van der Waals surface area contributed by atoms with E-state index in [0.717, 1.165) is 19.1 Å². The van der Waals surface area contributed by atoms with Crippen LogP contribution in [0, 0.1) is 0 Å². The van der Waals surface area contributed by atoms with Crippen molar-refractivity contribution < 1.29 is 27.2 Å². The van der Waals surface area contributed by atoms with Gasteiger partial charge in [-0.15, -0.1) is 0 Å². The first-order valence-electron chi connectivity index (χ1n) is 7.58. The minimum absolute atomic E-state index is 0.356. The standard InChI is InChI=1S/C12H22O3Si.C3H10O3Si/c1-5-10-16(4,15-7-3)11-8-9-14-12(13)6-2;1-4-7(5-2)6-3/h5-6,10H,2,7-9,11H2,1,3-4H3;7H,1-3H3. The Hall–Kier alpha value is -0.776. The zero-order chi connectivity index (χ0) is 18.1. The molecule has 8 heteroatoms. The van der Waals surface area contributed by atoms with Crippen LogP contribution >= 0.6 is 0 Å². The Bertz CT molecular complexity index is 328. The Morgan fingerprint density at radius 2 is 1.78 bits per heavy atom. The Balaban J connectivity index is 0. The van der Waals surface area contributed by atoms with E-state index in [1.807, 2.05) is 19.9 Å². The SMILES string of the molecule is C=CC(=O)OCCC[Si](C)(C=CC)OCC.CO[SiH](OC)OC. The summed E-state index contributed by atoms with van der Waals surface area (Å²) in [6.07, 6.45) is 4.06. The van der Waals surface area contributed by atoms with Crippen LogP contribution in [0.1, 0.15) is 20.3 Å². The van der Waals surface area contributed by atoms with E-state index in [4.69, 9.17) is 22.4 Å². The summed E-state index contributed by atoms with van der Waals surface area (Å²) in [6.45, 7) is 10.7. The fourth-order valence-corrected chi connectivity index (χ4v) is 5.02. The maximum atomic E-state index is 10.8. The molecule has 0 aromatic carbocycles. The molecule has 0 aliphatic carbocycles. The van der Waals surface area contributed by atoms with Gasteiger partial charge < -0.3 is 22.4 Å². The van der Waals surface area contributed by atoms with Gasteiger partial charge in [0.2, 0.25) is 8.32 Å². The second-order valence-electron chi connectivity index (χ2n) is 4.72. The van der Waals surface area contributed by atoms with Gasteiger partial charge in [-0.25, -0.2) is 4.79 Å². The predicted molar refractivity (Wildman–Crippen MR) is 96.8 cm³/mol. The molecule has 0 rings (SSSR count). The molecule has 0 heterocycles. The van der Waals surface area contributed by atoms with Crippen molar-refractivity contribution in [3.8, 4) is 0 Å². The monoisotopic (exact) mass is 364 g/mol.